The summed E-state index contributed by atoms with van der Waals surface area (Å²) < 4.78 is 2.54. The fraction of sp³-hybridized carbons (Fsp3) is 0.545. The molecular weight excluding hydrogens is 697 g/mol. The van der Waals surface area contributed by atoms with E-state index in [0.29, 0.717) is 0 Å². The molecular formula is C44H61N12+. The Hall–Kier alpha value is -3.72. The summed E-state index contributed by atoms with van der Waals surface area (Å²) in [5, 5.41) is 0. The van der Waals surface area contributed by atoms with E-state index in [1.165, 1.54) is 39.9 Å². The first-order chi connectivity index (χ1) is 27.6. The first-order valence-corrected chi connectivity index (χ1v) is 21.2. The van der Waals surface area contributed by atoms with Gasteiger partial charge in [0.1, 0.15) is 0 Å². The number of hydrogen-bond acceptors (Lipinski definition) is 11. The summed E-state index contributed by atoms with van der Waals surface area (Å²) in [5.41, 5.74) is 8.47. The second-order valence-electron chi connectivity index (χ2n) is 16.7. The van der Waals surface area contributed by atoms with Crippen LogP contribution in [0.4, 0.5) is 0 Å². The maximum atomic E-state index is 5.37. The maximum absolute atomic E-state index is 5.37. The van der Waals surface area contributed by atoms with Gasteiger partial charge < -0.3 is 0 Å². The molecule has 0 radical (unpaired) electrons. The highest BCUT2D eigenvalue weighted by Crippen LogP contribution is 2.16. The zero-order chi connectivity index (χ0) is 37.5. The molecule has 4 aromatic rings. The van der Waals surface area contributed by atoms with Crippen molar-refractivity contribution in [3.8, 4) is 0 Å². The Morgan fingerprint density at radius 2 is 0.589 bits per heavy atom. The fourth-order valence-electron chi connectivity index (χ4n) is 9.13. The maximum Gasteiger partial charge on any atom is 0.205 e. The Labute approximate surface area is 333 Å². The van der Waals surface area contributed by atoms with Crippen LogP contribution in [-0.2, 0) is 52.5 Å². The summed E-state index contributed by atoms with van der Waals surface area (Å²) in [6.45, 7) is 22.8. The molecule has 0 aliphatic carbocycles. The molecule has 6 aliphatic rings. The van der Waals surface area contributed by atoms with Crippen LogP contribution in [0.1, 0.15) is 39.9 Å². The van der Waals surface area contributed by atoms with Crippen molar-refractivity contribution in [3.63, 3.8) is 0 Å². The topological polar surface area (TPSA) is 68.5 Å². The van der Waals surface area contributed by atoms with Gasteiger partial charge in [0.15, 0.2) is 11.9 Å². The quantitative estimate of drug-likeness (QED) is 0.249. The normalized spacial score (nSPS) is 30.6. The van der Waals surface area contributed by atoms with Gasteiger partial charge >= 0.3 is 0 Å². The van der Waals surface area contributed by atoms with E-state index in [1.807, 2.05) is 0 Å². The van der Waals surface area contributed by atoms with Gasteiger partial charge in [-0.25, -0.2) is 4.90 Å². The van der Waals surface area contributed by atoms with E-state index in [1.54, 1.807) is 0 Å². The third-order valence-corrected chi connectivity index (χ3v) is 12.5. The standard InChI is InChI=1S/C44H61N12/c1-2-13-56-37-55-28-26-52-20-18-49-19-21-53(27-29-55)35-43-11-5-9-41(47-43)33-51-17-15-48(30-38-6-3-7-39(31-49)45-38)14-16-50(32-40-8-4-10-42(34-52)46-40)22-24-54(25-23-51)36-44(56)12-1/h1-13H,14-37H2/q+1. The fourth-order valence-corrected chi connectivity index (χ4v) is 9.13. The van der Waals surface area contributed by atoms with Gasteiger partial charge in [-0.3, -0.25) is 49.3 Å². The lowest BCUT2D eigenvalue weighted by Gasteiger charge is -2.34. The Morgan fingerprint density at radius 1 is 0.304 bits per heavy atom. The van der Waals surface area contributed by atoms with Crippen LogP contribution in [-0.4, -0.2) is 159 Å². The largest absolute Gasteiger partial charge is 0.295 e. The molecule has 0 spiro atoms. The molecule has 10 heterocycles. The summed E-state index contributed by atoms with van der Waals surface area (Å²) in [5.74, 6) is 0. The van der Waals surface area contributed by atoms with Crippen LogP contribution in [0.5, 0.6) is 0 Å². The molecule has 6 aliphatic heterocycles. The van der Waals surface area contributed by atoms with Crippen molar-refractivity contribution >= 4 is 0 Å². The van der Waals surface area contributed by atoms with E-state index < -0.39 is 0 Å². The minimum atomic E-state index is 0.856. The molecule has 12 heteroatoms. The summed E-state index contributed by atoms with van der Waals surface area (Å²) in [6, 6.07) is 27.1. The molecule has 10 rings (SSSR count). The van der Waals surface area contributed by atoms with E-state index in [9.17, 15) is 0 Å². The molecule has 4 atom stereocenters. The van der Waals surface area contributed by atoms with Crippen molar-refractivity contribution in [2.45, 2.75) is 52.5 Å². The van der Waals surface area contributed by atoms with Crippen molar-refractivity contribution in [1.29, 1.82) is 0 Å². The van der Waals surface area contributed by atoms with Gasteiger partial charge in [-0.2, -0.15) is 4.57 Å². The Bertz CT molecular complexity index is 1680. The molecule has 0 saturated carbocycles. The van der Waals surface area contributed by atoms with E-state index in [0.717, 1.165) is 157 Å². The molecule has 0 N–H and O–H groups in total. The molecule has 0 amide bonds. The van der Waals surface area contributed by atoms with Gasteiger partial charge in [0.05, 0.1) is 40.7 Å². The Kier molecular flexibility index (Phi) is 12.3. The van der Waals surface area contributed by atoms with Crippen molar-refractivity contribution in [2.24, 2.45) is 0 Å². The number of aromatic nitrogens is 4. The highest BCUT2D eigenvalue weighted by atomic mass is 15.3. The van der Waals surface area contributed by atoms with Gasteiger partial charge in [0.2, 0.25) is 6.67 Å². The summed E-state index contributed by atoms with van der Waals surface area (Å²) >= 11 is 0. The van der Waals surface area contributed by atoms with Crippen LogP contribution >= 0.6 is 0 Å². The number of rotatable bonds is 0. The number of fused-ring (bicyclic) bond motifs is 8. The van der Waals surface area contributed by atoms with Gasteiger partial charge in [-0.1, -0.05) is 24.3 Å². The smallest absolute Gasteiger partial charge is 0.205 e. The van der Waals surface area contributed by atoms with Crippen LogP contribution in [0.2, 0.25) is 0 Å². The third kappa shape index (κ3) is 10.2. The van der Waals surface area contributed by atoms with Gasteiger partial charge in [0, 0.05) is 156 Å². The first-order valence-electron chi connectivity index (χ1n) is 21.2. The highest BCUT2D eigenvalue weighted by molar-refractivity contribution is 5.14. The minimum absolute atomic E-state index is 0.856. The van der Waals surface area contributed by atoms with Crippen LogP contribution < -0.4 is 4.57 Å². The van der Waals surface area contributed by atoms with Crippen molar-refractivity contribution in [3.05, 3.63) is 119 Å². The van der Waals surface area contributed by atoms with Crippen molar-refractivity contribution in [2.75, 3.05) is 105 Å². The van der Waals surface area contributed by atoms with Crippen molar-refractivity contribution < 1.29 is 4.57 Å². The van der Waals surface area contributed by atoms with Crippen LogP contribution in [0.3, 0.4) is 0 Å². The predicted molar refractivity (Wildman–Crippen MR) is 218 cm³/mol. The Balaban J connectivity index is 1.19. The molecule has 56 heavy (non-hydrogen) atoms. The average molecular weight is 758 g/mol. The number of pyridine rings is 4. The van der Waals surface area contributed by atoms with Crippen LogP contribution in [0.25, 0.3) is 0 Å². The number of hydrogen-bond donors (Lipinski definition) is 0. The lowest BCUT2D eigenvalue weighted by molar-refractivity contribution is -0.723. The van der Waals surface area contributed by atoms with Gasteiger partial charge in [0.25, 0.3) is 0 Å². The first kappa shape index (κ1) is 37.8. The lowest BCUT2D eigenvalue weighted by atomic mass is 10.2. The molecule has 2 saturated heterocycles. The third-order valence-electron chi connectivity index (χ3n) is 12.5. The Morgan fingerprint density at radius 3 is 0.911 bits per heavy atom. The van der Waals surface area contributed by atoms with E-state index >= 15 is 0 Å². The van der Waals surface area contributed by atoms with E-state index in [-0.39, 0.29) is 0 Å². The molecule has 296 valence electrons. The summed E-state index contributed by atoms with van der Waals surface area (Å²) in [6.07, 6.45) is 2.32. The molecule has 2 fully saturated rings. The monoisotopic (exact) mass is 758 g/mol. The second kappa shape index (κ2) is 18.3. The average Bonchev–Trinajstić information content (AvgIpc) is 3.20. The van der Waals surface area contributed by atoms with E-state index in [4.69, 9.17) is 15.0 Å². The molecule has 4 unspecified atom stereocenters. The lowest BCUT2D eigenvalue weighted by Crippen LogP contribution is -2.52. The van der Waals surface area contributed by atoms with Crippen LogP contribution in [0.15, 0.2) is 79.0 Å². The summed E-state index contributed by atoms with van der Waals surface area (Å²) in [4.78, 5) is 37.5. The zero-order valence-corrected chi connectivity index (χ0v) is 33.3. The van der Waals surface area contributed by atoms with Crippen LogP contribution in [0, 0.1) is 0 Å². The minimum Gasteiger partial charge on any atom is -0.295 e. The summed E-state index contributed by atoms with van der Waals surface area (Å²) in [7, 11) is 0. The molecule has 14 bridgehead atoms. The van der Waals surface area contributed by atoms with Crippen molar-refractivity contribution in [1.82, 2.24) is 54.2 Å². The highest BCUT2D eigenvalue weighted by Gasteiger charge is 2.25. The van der Waals surface area contributed by atoms with Gasteiger partial charge in [-0.05, 0) is 36.4 Å². The molecule has 4 aromatic heterocycles. The predicted octanol–water partition coefficient (Wildman–Crippen LogP) is 2.20. The van der Waals surface area contributed by atoms with Gasteiger partial charge in [-0.15, -0.1) is 0 Å². The number of nitrogens with zero attached hydrogens (tertiary/aromatic N) is 12. The molecule has 12 nitrogen and oxygen atoms in total. The second-order valence-corrected chi connectivity index (χ2v) is 16.7. The molecule has 0 aromatic carbocycles. The van der Waals surface area contributed by atoms with E-state index in [2.05, 4.69) is 123 Å². The SMILES string of the molecule is c1cc2nc(c1)CN1CCN3CCN4CCN(CC1)Cc1cccc(n1)CN1CCN(CCN(CCN(CC1)Cc1cccc[n+]1C4)Cc1cccc(n1)C3)C2. The zero-order valence-electron chi connectivity index (χ0n) is 33.3.